The van der Waals surface area contributed by atoms with E-state index in [2.05, 4.69) is 0 Å². The van der Waals surface area contributed by atoms with Gasteiger partial charge in [0.1, 0.15) is 0 Å². The van der Waals surface area contributed by atoms with Gasteiger partial charge in [0.2, 0.25) is 0 Å². The zero-order chi connectivity index (χ0) is 11.3. The van der Waals surface area contributed by atoms with Gasteiger partial charge in [0.15, 0.2) is 0 Å². The van der Waals surface area contributed by atoms with Crippen molar-refractivity contribution in [3.8, 4) is 0 Å². The van der Waals surface area contributed by atoms with Crippen LogP contribution in [0.1, 0.15) is 46.0 Å². The van der Waals surface area contributed by atoms with Crippen molar-refractivity contribution in [2.24, 2.45) is 23.0 Å². The molecule has 3 nitrogen and oxygen atoms in total. The molecule has 2 aliphatic carbocycles. The fourth-order valence-electron chi connectivity index (χ4n) is 3.95. The first-order chi connectivity index (χ1) is 6.85. The summed E-state index contributed by atoms with van der Waals surface area (Å²) in [6.07, 6.45) is 4.93. The topological polar surface area (TPSA) is 63.3 Å². The first kappa shape index (κ1) is 10.9. The zero-order valence-corrected chi connectivity index (χ0v) is 9.62. The van der Waals surface area contributed by atoms with E-state index in [9.17, 15) is 4.79 Å². The first-order valence-electron chi connectivity index (χ1n) is 5.86. The fraction of sp³-hybridized carbons (Fsp3) is 0.917. The Morgan fingerprint density at radius 3 is 2.53 bits per heavy atom. The summed E-state index contributed by atoms with van der Waals surface area (Å²) in [5, 5.41) is 9.08. The van der Waals surface area contributed by atoms with Crippen molar-refractivity contribution in [2.45, 2.75) is 51.5 Å². The monoisotopic (exact) mass is 211 g/mol. The lowest BCUT2D eigenvalue weighted by atomic mass is 9.60. The second-order valence-electron chi connectivity index (χ2n) is 6.03. The smallest absolute Gasteiger partial charge is 0.303 e. The summed E-state index contributed by atoms with van der Waals surface area (Å²) in [4.78, 5) is 11.0. The summed E-state index contributed by atoms with van der Waals surface area (Å²) < 4.78 is 0. The normalized spacial score (nSPS) is 39.7. The van der Waals surface area contributed by atoms with Gasteiger partial charge in [-0.05, 0) is 44.9 Å². The summed E-state index contributed by atoms with van der Waals surface area (Å²) >= 11 is 0. The van der Waals surface area contributed by atoms with Gasteiger partial charge < -0.3 is 10.8 Å². The number of hydrogen-bond donors (Lipinski definition) is 2. The van der Waals surface area contributed by atoms with Gasteiger partial charge in [0, 0.05) is 11.0 Å². The molecular formula is C12H21NO2. The Kier molecular flexibility index (Phi) is 2.34. The molecule has 0 aromatic carbocycles. The molecule has 0 amide bonds. The SMILES string of the molecule is CC(C)(N)C1(CC(=O)O)CC2CCC1C2. The van der Waals surface area contributed by atoms with E-state index in [-0.39, 0.29) is 17.4 Å². The van der Waals surface area contributed by atoms with Crippen LogP contribution in [0.5, 0.6) is 0 Å². The molecule has 2 fully saturated rings. The molecule has 3 heteroatoms. The molecule has 0 aromatic heterocycles. The van der Waals surface area contributed by atoms with Crippen molar-refractivity contribution in [3.05, 3.63) is 0 Å². The van der Waals surface area contributed by atoms with E-state index in [0.717, 1.165) is 12.3 Å². The third kappa shape index (κ3) is 1.57. The van der Waals surface area contributed by atoms with Crippen molar-refractivity contribution < 1.29 is 9.90 Å². The average molecular weight is 211 g/mol. The van der Waals surface area contributed by atoms with E-state index in [1.807, 2.05) is 13.8 Å². The minimum Gasteiger partial charge on any atom is -0.481 e. The van der Waals surface area contributed by atoms with Crippen LogP contribution < -0.4 is 5.73 Å². The maximum Gasteiger partial charge on any atom is 0.303 e. The Morgan fingerprint density at radius 1 is 1.53 bits per heavy atom. The van der Waals surface area contributed by atoms with Crippen LogP contribution >= 0.6 is 0 Å². The lowest BCUT2D eigenvalue weighted by Crippen LogP contribution is -2.54. The molecule has 0 aliphatic heterocycles. The molecule has 0 spiro atoms. The van der Waals surface area contributed by atoms with E-state index >= 15 is 0 Å². The fourth-order valence-corrected chi connectivity index (χ4v) is 3.95. The lowest BCUT2D eigenvalue weighted by molar-refractivity contribution is -0.142. The van der Waals surface area contributed by atoms with Gasteiger partial charge >= 0.3 is 5.97 Å². The van der Waals surface area contributed by atoms with E-state index in [1.54, 1.807) is 0 Å². The summed E-state index contributed by atoms with van der Waals surface area (Å²) in [6, 6.07) is 0. The highest BCUT2D eigenvalue weighted by Crippen LogP contribution is 2.61. The van der Waals surface area contributed by atoms with E-state index < -0.39 is 5.97 Å². The molecule has 0 heterocycles. The van der Waals surface area contributed by atoms with Gasteiger partial charge in [0.05, 0.1) is 6.42 Å². The molecule has 0 radical (unpaired) electrons. The van der Waals surface area contributed by atoms with Crippen molar-refractivity contribution in [3.63, 3.8) is 0 Å². The number of carboxylic acid groups (broad SMARTS) is 1. The number of aliphatic carboxylic acids is 1. The summed E-state index contributed by atoms with van der Waals surface area (Å²) in [5.41, 5.74) is 5.73. The standard InChI is InChI=1S/C12H21NO2/c1-11(2,13)12(7-10(14)15)6-8-3-4-9(12)5-8/h8-9H,3-7,13H2,1-2H3,(H,14,15). The summed E-state index contributed by atoms with van der Waals surface area (Å²) in [5.74, 6) is 0.580. The molecule has 2 saturated carbocycles. The summed E-state index contributed by atoms with van der Waals surface area (Å²) in [7, 11) is 0. The maximum absolute atomic E-state index is 11.0. The van der Waals surface area contributed by atoms with Crippen LogP contribution in [0.3, 0.4) is 0 Å². The van der Waals surface area contributed by atoms with Crippen LogP contribution in [-0.2, 0) is 4.79 Å². The second-order valence-corrected chi connectivity index (χ2v) is 6.03. The average Bonchev–Trinajstić information content (AvgIpc) is 2.60. The Morgan fingerprint density at radius 2 is 2.20 bits per heavy atom. The van der Waals surface area contributed by atoms with E-state index in [4.69, 9.17) is 10.8 Å². The molecule has 3 atom stereocenters. The Bertz CT molecular complexity index is 282. The highest BCUT2D eigenvalue weighted by Gasteiger charge is 2.57. The molecule has 3 N–H and O–H groups in total. The highest BCUT2D eigenvalue weighted by atomic mass is 16.4. The van der Waals surface area contributed by atoms with Crippen LogP contribution in [0, 0.1) is 17.3 Å². The molecule has 2 bridgehead atoms. The number of carboxylic acids is 1. The van der Waals surface area contributed by atoms with Crippen molar-refractivity contribution >= 4 is 5.97 Å². The molecule has 2 aliphatic rings. The number of carbonyl (C=O) groups is 1. The van der Waals surface area contributed by atoms with Gasteiger partial charge in [-0.2, -0.15) is 0 Å². The predicted octanol–water partition coefficient (Wildman–Crippen LogP) is 2.00. The minimum absolute atomic E-state index is 0.151. The number of fused-ring (bicyclic) bond motifs is 2. The van der Waals surface area contributed by atoms with Crippen molar-refractivity contribution in [2.75, 3.05) is 0 Å². The molecule has 86 valence electrons. The van der Waals surface area contributed by atoms with Gasteiger partial charge in [0.25, 0.3) is 0 Å². The van der Waals surface area contributed by atoms with Crippen LogP contribution in [-0.4, -0.2) is 16.6 Å². The number of rotatable bonds is 3. The van der Waals surface area contributed by atoms with Gasteiger partial charge in [-0.15, -0.1) is 0 Å². The Balaban J connectivity index is 2.28. The molecule has 3 unspecified atom stereocenters. The van der Waals surface area contributed by atoms with E-state index in [0.29, 0.717) is 5.92 Å². The number of hydrogen-bond acceptors (Lipinski definition) is 2. The molecule has 15 heavy (non-hydrogen) atoms. The maximum atomic E-state index is 11.0. The van der Waals surface area contributed by atoms with Crippen molar-refractivity contribution in [1.82, 2.24) is 0 Å². The van der Waals surface area contributed by atoms with Crippen LogP contribution in [0.4, 0.5) is 0 Å². The van der Waals surface area contributed by atoms with Crippen LogP contribution in [0.25, 0.3) is 0 Å². The largest absolute Gasteiger partial charge is 0.481 e. The quantitative estimate of drug-likeness (QED) is 0.750. The van der Waals surface area contributed by atoms with Gasteiger partial charge in [-0.1, -0.05) is 6.42 Å². The Labute approximate surface area is 91.0 Å². The van der Waals surface area contributed by atoms with Gasteiger partial charge in [-0.25, -0.2) is 0 Å². The van der Waals surface area contributed by atoms with Crippen molar-refractivity contribution in [1.29, 1.82) is 0 Å². The molecule has 0 aromatic rings. The summed E-state index contributed by atoms with van der Waals surface area (Å²) in [6.45, 7) is 3.99. The predicted molar refractivity (Wildman–Crippen MR) is 58.4 cm³/mol. The second kappa shape index (κ2) is 3.21. The van der Waals surface area contributed by atoms with Crippen LogP contribution in [0.2, 0.25) is 0 Å². The minimum atomic E-state index is -0.693. The lowest BCUT2D eigenvalue weighted by Gasteiger charge is -2.47. The number of nitrogens with two attached hydrogens (primary N) is 1. The van der Waals surface area contributed by atoms with Gasteiger partial charge in [-0.3, -0.25) is 4.79 Å². The van der Waals surface area contributed by atoms with E-state index in [1.165, 1.54) is 19.3 Å². The molecular weight excluding hydrogens is 190 g/mol. The third-order valence-corrected chi connectivity index (χ3v) is 4.73. The van der Waals surface area contributed by atoms with Crippen LogP contribution in [0.15, 0.2) is 0 Å². The molecule has 0 saturated heterocycles. The third-order valence-electron chi connectivity index (χ3n) is 4.73. The zero-order valence-electron chi connectivity index (χ0n) is 9.62. The first-order valence-corrected chi connectivity index (χ1v) is 5.86. The molecule has 2 rings (SSSR count). The Hall–Kier alpha value is -0.570. The highest BCUT2D eigenvalue weighted by molar-refractivity contribution is 5.68.